The summed E-state index contributed by atoms with van der Waals surface area (Å²) in [6.07, 6.45) is 1.69. The van der Waals surface area contributed by atoms with Gasteiger partial charge in [-0.1, -0.05) is 48.5 Å². The summed E-state index contributed by atoms with van der Waals surface area (Å²) in [7, 11) is 0. The fourth-order valence-electron chi connectivity index (χ4n) is 4.61. The van der Waals surface area contributed by atoms with Gasteiger partial charge < -0.3 is 19.9 Å². The zero-order chi connectivity index (χ0) is 26.1. The molecule has 2 heterocycles. The van der Waals surface area contributed by atoms with E-state index in [1.807, 2.05) is 55.6 Å². The maximum absolute atomic E-state index is 13.6. The molecule has 0 saturated carbocycles. The summed E-state index contributed by atoms with van der Waals surface area (Å²) < 4.78 is 11.0. The minimum absolute atomic E-state index is 0.238. The largest absolute Gasteiger partial charge is 0.508 e. The lowest BCUT2D eigenvalue weighted by molar-refractivity contribution is -0.153. The molecule has 0 saturated heterocycles. The van der Waals surface area contributed by atoms with Gasteiger partial charge in [-0.05, 0) is 45.4 Å². The fourth-order valence-corrected chi connectivity index (χ4v) is 5.43. The molecule has 0 fully saturated rings. The number of phenols is 1. The second kappa shape index (κ2) is 12.4. The van der Waals surface area contributed by atoms with Gasteiger partial charge in [0.25, 0.3) is 0 Å². The van der Waals surface area contributed by atoms with Crippen LogP contribution < -0.4 is 5.32 Å². The van der Waals surface area contributed by atoms with Gasteiger partial charge in [-0.3, -0.25) is 4.79 Å². The van der Waals surface area contributed by atoms with E-state index in [2.05, 4.69) is 10.3 Å². The third-order valence-corrected chi connectivity index (χ3v) is 6.92. The van der Waals surface area contributed by atoms with Crippen molar-refractivity contribution in [3.05, 3.63) is 94.1 Å². The number of rotatable bonds is 6. The van der Waals surface area contributed by atoms with E-state index in [9.17, 15) is 9.59 Å². The van der Waals surface area contributed by atoms with Crippen molar-refractivity contribution in [1.29, 1.82) is 0 Å². The number of aromatic nitrogens is 1. The Morgan fingerprint density at radius 1 is 1.03 bits per heavy atom. The number of aromatic hydroxyl groups is 1. The van der Waals surface area contributed by atoms with Crippen LogP contribution in [0.25, 0.3) is 0 Å². The van der Waals surface area contributed by atoms with Gasteiger partial charge in [0.05, 0.1) is 24.7 Å². The minimum atomic E-state index is -1.17. The number of esters is 2. The molecule has 190 valence electrons. The Morgan fingerprint density at radius 3 is 2.14 bits per heavy atom. The summed E-state index contributed by atoms with van der Waals surface area (Å²) in [5.41, 5.74) is 0.702. The summed E-state index contributed by atoms with van der Waals surface area (Å²) in [5.74, 6) is -1.14. The second-order valence-corrected chi connectivity index (χ2v) is 9.15. The number of nitrogens with zero attached hydrogens (tertiary/aromatic N) is 1. The Morgan fingerprint density at radius 2 is 1.64 bits per heavy atom. The Bertz CT molecular complexity index is 1170. The van der Waals surface area contributed by atoms with Gasteiger partial charge in [0.2, 0.25) is 0 Å². The standard InChI is InChI=1S/C22H26N2O4S.C6H6O/c1-5-27-20(25)17-14(3)24-15(4)22(21(26)28-6-2,16-10-8-7-9-11-16)18(17)19-23-12-13-29-19;7-6-4-2-1-3-5-6/h7-13,15,18,24H,5-6H2,1-4H3;1-5,7H. The first-order chi connectivity index (χ1) is 17.4. The number of para-hydroxylation sites is 1. The quantitative estimate of drug-likeness (QED) is 0.455. The maximum atomic E-state index is 13.6. The molecule has 36 heavy (non-hydrogen) atoms. The van der Waals surface area contributed by atoms with Crippen molar-refractivity contribution < 1.29 is 24.2 Å². The van der Waals surface area contributed by atoms with E-state index in [0.717, 1.165) is 5.56 Å². The molecule has 0 radical (unpaired) electrons. The fraction of sp³-hybridized carbons (Fsp3) is 0.321. The number of nitrogens with one attached hydrogen (secondary N) is 1. The van der Waals surface area contributed by atoms with Gasteiger partial charge in [-0.15, -0.1) is 11.3 Å². The van der Waals surface area contributed by atoms with Crippen LogP contribution in [0.15, 0.2) is 83.5 Å². The highest BCUT2D eigenvalue weighted by Gasteiger charge is 2.59. The molecule has 1 aromatic heterocycles. The van der Waals surface area contributed by atoms with Gasteiger partial charge in [0.1, 0.15) is 16.2 Å². The van der Waals surface area contributed by atoms with Crippen LogP contribution >= 0.6 is 11.3 Å². The van der Waals surface area contributed by atoms with Crippen molar-refractivity contribution in [2.24, 2.45) is 0 Å². The van der Waals surface area contributed by atoms with Crippen molar-refractivity contribution in [1.82, 2.24) is 10.3 Å². The van der Waals surface area contributed by atoms with Crippen molar-refractivity contribution in [3.63, 3.8) is 0 Å². The molecule has 2 N–H and O–H groups in total. The molecule has 0 bridgehead atoms. The van der Waals surface area contributed by atoms with Gasteiger partial charge >= 0.3 is 11.9 Å². The lowest BCUT2D eigenvalue weighted by Crippen LogP contribution is -2.60. The first-order valence-electron chi connectivity index (χ1n) is 11.9. The lowest BCUT2D eigenvalue weighted by Gasteiger charge is -2.47. The minimum Gasteiger partial charge on any atom is -0.508 e. The molecule has 0 aliphatic carbocycles. The SMILES string of the molecule is CCOC(=O)C1=C(C)NC(C)C(C(=O)OCC)(c2ccccc2)C1c1nccs1.Oc1ccccc1. The van der Waals surface area contributed by atoms with E-state index in [4.69, 9.17) is 14.6 Å². The highest BCUT2D eigenvalue weighted by atomic mass is 32.1. The number of allylic oxidation sites excluding steroid dienone is 1. The molecule has 2 aromatic carbocycles. The first kappa shape index (κ1) is 26.9. The molecule has 3 aromatic rings. The van der Waals surface area contributed by atoms with Crippen LogP contribution in [-0.2, 0) is 24.5 Å². The zero-order valence-corrected chi connectivity index (χ0v) is 21.7. The molecule has 7 nitrogen and oxygen atoms in total. The van der Waals surface area contributed by atoms with Gasteiger partial charge in [-0.25, -0.2) is 9.78 Å². The number of benzene rings is 2. The Hall–Kier alpha value is -3.65. The molecular weight excluding hydrogens is 476 g/mol. The van der Waals surface area contributed by atoms with Gasteiger partial charge in [0.15, 0.2) is 0 Å². The topological polar surface area (TPSA) is 97.8 Å². The number of phenolic OH excluding ortho intramolecular Hbond substituents is 1. The van der Waals surface area contributed by atoms with Crippen LogP contribution in [0.5, 0.6) is 5.75 Å². The molecule has 4 rings (SSSR count). The van der Waals surface area contributed by atoms with Crippen LogP contribution in [0.2, 0.25) is 0 Å². The Kier molecular flexibility index (Phi) is 9.25. The van der Waals surface area contributed by atoms with Crippen LogP contribution in [-0.4, -0.2) is 41.3 Å². The normalized spacial score (nSPS) is 21.0. The highest BCUT2D eigenvalue weighted by Crippen LogP contribution is 2.51. The average molecular weight is 509 g/mol. The number of thiazole rings is 1. The van der Waals surface area contributed by atoms with Gasteiger partial charge in [0, 0.05) is 23.3 Å². The van der Waals surface area contributed by atoms with E-state index < -0.39 is 17.3 Å². The molecule has 8 heteroatoms. The molecule has 3 atom stereocenters. The molecular formula is C28H32N2O5S. The third kappa shape index (κ3) is 5.44. The summed E-state index contributed by atoms with van der Waals surface area (Å²) in [5, 5.41) is 14.5. The number of ether oxygens (including phenoxy) is 2. The zero-order valence-electron chi connectivity index (χ0n) is 20.9. The smallest absolute Gasteiger partial charge is 0.336 e. The lowest BCUT2D eigenvalue weighted by atomic mass is 9.61. The third-order valence-electron chi connectivity index (χ3n) is 6.08. The second-order valence-electron chi connectivity index (χ2n) is 8.22. The van der Waals surface area contributed by atoms with Crippen LogP contribution in [0.4, 0.5) is 0 Å². The predicted octanol–water partition coefficient (Wildman–Crippen LogP) is 4.95. The average Bonchev–Trinajstić information content (AvgIpc) is 3.40. The van der Waals surface area contributed by atoms with E-state index >= 15 is 0 Å². The predicted molar refractivity (Wildman–Crippen MR) is 140 cm³/mol. The summed E-state index contributed by atoms with van der Waals surface area (Å²) >= 11 is 1.42. The van der Waals surface area contributed by atoms with Crippen molar-refractivity contribution in [2.75, 3.05) is 13.2 Å². The highest BCUT2D eigenvalue weighted by molar-refractivity contribution is 7.09. The Labute approximate surface area is 215 Å². The molecule has 1 aliphatic rings. The number of carbonyl (C=O) groups is 2. The maximum Gasteiger partial charge on any atom is 0.336 e. The molecule has 0 amide bonds. The molecule has 1 aliphatic heterocycles. The summed E-state index contributed by atoms with van der Waals surface area (Å²) in [6.45, 7) is 7.80. The van der Waals surface area contributed by atoms with E-state index in [-0.39, 0.29) is 25.2 Å². The van der Waals surface area contributed by atoms with Crippen LogP contribution in [0.3, 0.4) is 0 Å². The number of carbonyl (C=O) groups excluding carboxylic acids is 2. The summed E-state index contributed by atoms with van der Waals surface area (Å²) in [4.78, 5) is 31.1. The molecule has 3 unspecified atom stereocenters. The first-order valence-corrected chi connectivity index (χ1v) is 12.8. The number of hydrogen-bond donors (Lipinski definition) is 2. The van der Waals surface area contributed by atoms with E-state index in [1.165, 1.54) is 11.3 Å². The van der Waals surface area contributed by atoms with Crippen molar-refractivity contribution in [3.8, 4) is 5.75 Å². The summed E-state index contributed by atoms with van der Waals surface area (Å²) in [6, 6.07) is 17.8. The molecule has 0 spiro atoms. The van der Waals surface area contributed by atoms with E-state index in [0.29, 0.717) is 22.0 Å². The van der Waals surface area contributed by atoms with Crippen LogP contribution in [0.1, 0.15) is 44.2 Å². The van der Waals surface area contributed by atoms with Crippen LogP contribution in [0, 0.1) is 0 Å². The van der Waals surface area contributed by atoms with Crippen molar-refractivity contribution >= 4 is 23.3 Å². The number of hydrogen-bond acceptors (Lipinski definition) is 8. The van der Waals surface area contributed by atoms with E-state index in [1.54, 1.807) is 44.3 Å². The monoisotopic (exact) mass is 508 g/mol. The Balaban J connectivity index is 0.000000444. The van der Waals surface area contributed by atoms with Gasteiger partial charge in [-0.2, -0.15) is 0 Å². The van der Waals surface area contributed by atoms with Crippen molar-refractivity contribution in [2.45, 2.75) is 45.1 Å².